The number of alkyl halides is 1. The van der Waals surface area contributed by atoms with E-state index in [1.54, 1.807) is 0 Å². The summed E-state index contributed by atoms with van der Waals surface area (Å²) in [5.74, 6) is -0.0887. The summed E-state index contributed by atoms with van der Waals surface area (Å²) in [6, 6.07) is 0. The highest BCUT2D eigenvalue weighted by Gasteiger charge is 2.08. The van der Waals surface area contributed by atoms with Gasteiger partial charge >= 0.3 is 0 Å². The molecule has 0 aliphatic carbocycles. The number of rotatable bonds is 5. The Morgan fingerprint density at radius 1 is 1.60 bits per heavy atom. The maximum absolute atomic E-state index is 8.61. The van der Waals surface area contributed by atoms with Crippen molar-refractivity contribution in [1.29, 1.82) is 0 Å². The van der Waals surface area contributed by atoms with E-state index < -0.39 is 14.7 Å². The van der Waals surface area contributed by atoms with E-state index in [2.05, 4.69) is 9.41 Å². The zero-order valence-corrected chi connectivity index (χ0v) is 6.63. The Labute approximate surface area is 64.0 Å². The SMILES string of the molecule is OOP(O)COC(O)CCl. The van der Waals surface area contributed by atoms with Crippen LogP contribution < -0.4 is 0 Å². The first kappa shape index (κ1) is 10.5. The normalized spacial score (nSPS) is 16.8. The average molecular weight is 191 g/mol. The van der Waals surface area contributed by atoms with Crippen LogP contribution in [-0.4, -0.2) is 33.8 Å². The molecule has 0 rings (SSSR count). The molecule has 0 saturated heterocycles. The topological polar surface area (TPSA) is 79.2 Å². The van der Waals surface area contributed by atoms with Crippen LogP contribution in [0, 0.1) is 0 Å². The van der Waals surface area contributed by atoms with Crippen molar-refractivity contribution in [3.63, 3.8) is 0 Å². The minimum absolute atomic E-state index is 0.0887. The minimum atomic E-state index is -2.00. The van der Waals surface area contributed by atoms with E-state index in [-0.39, 0.29) is 12.2 Å². The van der Waals surface area contributed by atoms with Crippen molar-refractivity contribution < 1.29 is 24.7 Å². The molecule has 5 nitrogen and oxygen atoms in total. The van der Waals surface area contributed by atoms with E-state index in [1.165, 1.54) is 0 Å². The van der Waals surface area contributed by atoms with Crippen molar-refractivity contribution in [3.05, 3.63) is 0 Å². The van der Waals surface area contributed by atoms with Crippen LogP contribution in [0.3, 0.4) is 0 Å². The van der Waals surface area contributed by atoms with Crippen molar-refractivity contribution in [3.8, 4) is 0 Å². The smallest absolute Gasteiger partial charge is 0.232 e. The fourth-order valence-electron chi connectivity index (χ4n) is 0.218. The fourth-order valence-corrected chi connectivity index (χ4v) is 0.654. The van der Waals surface area contributed by atoms with Gasteiger partial charge in [-0.2, -0.15) is 4.67 Å². The molecule has 0 aliphatic rings. The summed E-state index contributed by atoms with van der Waals surface area (Å²) < 4.78 is 7.95. The Morgan fingerprint density at radius 3 is 2.60 bits per heavy atom. The largest absolute Gasteiger partial charge is 0.367 e. The van der Waals surface area contributed by atoms with Gasteiger partial charge in [-0.15, -0.1) is 11.6 Å². The molecule has 0 amide bonds. The standard InChI is InChI=1S/C3H8ClO5P/c4-1-3(5)8-2-10(7)9-6/h3,5-7H,1-2H2. The van der Waals surface area contributed by atoms with E-state index in [0.29, 0.717) is 0 Å². The summed E-state index contributed by atoms with van der Waals surface area (Å²) in [5, 5.41) is 16.4. The second kappa shape index (κ2) is 6.24. The summed E-state index contributed by atoms with van der Waals surface area (Å²) in [6.07, 6.45) is -1.39. The highest BCUT2D eigenvalue weighted by Crippen LogP contribution is 2.29. The monoisotopic (exact) mass is 190 g/mol. The van der Waals surface area contributed by atoms with Crippen LogP contribution in [0.15, 0.2) is 0 Å². The van der Waals surface area contributed by atoms with Crippen LogP contribution in [0.2, 0.25) is 0 Å². The quantitative estimate of drug-likeness (QED) is 0.191. The maximum atomic E-state index is 8.61. The maximum Gasteiger partial charge on any atom is 0.232 e. The molecule has 0 aromatic carbocycles. The third kappa shape index (κ3) is 5.32. The van der Waals surface area contributed by atoms with Gasteiger partial charge in [0, 0.05) is 0 Å². The lowest BCUT2D eigenvalue weighted by molar-refractivity contribution is -0.144. The Bertz CT molecular complexity index is 73.3. The summed E-state index contributed by atoms with van der Waals surface area (Å²) in [5.41, 5.74) is 0. The van der Waals surface area contributed by atoms with Gasteiger partial charge in [0.15, 0.2) is 6.29 Å². The average Bonchev–Trinajstić information content (AvgIpc) is 1.99. The zero-order chi connectivity index (χ0) is 7.98. The fraction of sp³-hybridized carbons (Fsp3) is 1.00. The number of ether oxygens (including phenoxy) is 1. The molecule has 2 atom stereocenters. The van der Waals surface area contributed by atoms with Gasteiger partial charge in [-0.25, -0.2) is 5.26 Å². The first-order valence-corrected chi connectivity index (χ1v) is 4.27. The summed E-state index contributed by atoms with van der Waals surface area (Å²) in [6.45, 7) is 0. The molecule has 2 unspecified atom stereocenters. The molecule has 0 saturated carbocycles. The number of hydrogen-bond acceptors (Lipinski definition) is 5. The van der Waals surface area contributed by atoms with E-state index >= 15 is 0 Å². The molecular weight excluding hydrogens is 182 g/mol. The van der Waals surface area contributed by atoms with Crippen LogP contribution in [0.4, 0.5) is 0 Å². The van der Waals surface area contributed by atoms with Gasteiger partial charge < -0.3 is 14.7 Å². The van der Waals surface area contributed by atoms with Gasteiger partial charge in [0.2, 0.25) is 8.38 Å². The molecule has 0 aliphatic heterocycles. The second-order valence-electron chi connectivity index (χ2n) is 1.34. The molecule has 62 valence electrons. The predicted octanol–water partition coefficient (Wildman–Crippen LogP) is 0.311. The van der Waals surface area contributed by atoms with Crippen molar-refractivity contribution in [2.24, 2.45) is 0 Å². The molecule has 7 heteroatoms. The van der Waals surface area contributed by atoms with Gasteiger partial charge in [-0.1, -0.05) is 0 Å². The number of halogens is 1. The van der Waals surface area contributed by atoms with E-state index in [9.17, 15) is 0 Å². The lowest BCUT2D eigenvalue weighted by atomic mass is 10.8. The second-order valence-corrected chi connectivity index (χ2v) is 2.77. The third-order valence-electron chi connectivity index (χ3n) is 0.604. The highest BCUT2D eigenvalue weighted by atomic mass is 35.5. The van der Waals surface area contributed by atoms with Gasteiger partial charge in [0.1, 0.15) is 6.35 Å². The van der Waals surface area contributed by atoms with Crippen LogP contribution in [0.5, 0.6) is 0 Å². The first-order chi connectivity index (χ1) is 4.70. The van der Waals surface area contributed by atoms with Gasteiger partial charge in [-0.3, -0.25) is 0 Å². The Morgan fingerprint density at radius 2 is 2.20 bits per heavy atom. The van der Waals surface area contributed by atoms with Gasteiger partial charge in [0.25, 0.3) is 0 Å². The lowest BCUT2D eigenvalue weighted by Crippen LogP contribution is -2.13. The zero-order valence-electron chi connectivity index (χ0n) is 4.97. The van der Waals surface area contributed by atoms with Crippen LogP contribution >= 0.6 is 20.0 Å². The molecule has 0 aromatic rings. The summed E-state index contributed by atoms with van der Waals surface area (Å²) in [4.78, 5) is 8.52. The summed E-state index contributed by atoms with van der Waals surface area (Å²) >= 11 is 5.13. The highest BCUT2D eigenvalue weighted by molar-refractivity contribution is 7.45. The minimum Gasteiger partial charge on any atom is -0.367 e. The Balaban J connectivity index is 3.17. The summed E-state index contributed by atoms with van der Waals surface area (Å²) in [7, 11) is -2.00. The van der Waals surface area contributed by atoms with Gasteiger partial charge in [-0.05, 0) is 0 Å². The van der Waals surface area contributed by atoms with Crippen molar-refractivity contribution in [1.82, 2.24) is 0 Å². The van der Waals surface area contributed by atoms with Crippen molar-refractivity contribution in [2.75, 3.05) is 12.2 Å². The van der Waals surface area contributed by atoms with Crippen LogP contribution in [0.1, 0.15) is 0 Å². The van der Waals surface area contributed by atoms with Crippen molar-refractivity contribution in [2.45, 2.75) is 6.29 Å². The van der Waals surface area contributed by atoms with E-state index in [0.717, 1.165) is 0 Å². The van der Waals surface area contributed by atoms with Crippen LogP contribution in [0.25, 0.3) is 0 Å². The Hall–Kier alpha value is 0.520. The number of aliphatic hydroxyl groups is 1. The first-order valence-electron chi connectivity index (χ1n) is 2.34. The van der Waals surface area contributed by atoms with Crippen molar-refractivity contribution >= 4 is 20.0 Å². The lowest BCUT2D eigenvalue weighted by Gasteiger charge is -2.09. The number of aliphatic hydroxyl groups excluding tert-OH is 1. The molecule has 10 heavy (non-hydrogen) atoms. The van der Waals surface area contributed by atoms with Gasteiger partial charge in [0.05, 0.1) is 5.88 Å². The van der Waals surface area contributed by atoms with E-state index in [1.807, 2.05) is 0 Å². The molecule has 0 heterocycles. The third-order valence-corrected chi connectivity index (χ3v) is 1.43. The molecule has 3 N–H and O–H groups in total. The van der Waals surface area contributed by atoms with Crippen LogP contribution in [-0.2, 0) is 9.41 Å². The Kier molecular flexibility index (Phi) is 6.57. The number of hydrogen-bond donors (Lipinski definition) is 3. The molecule has 0 fully saturated rings. The molecule has 0 spiro atoms. The molecule has 0 aromatic heterocycles. The predicted molar refractivity (Wildman–Crippen MR) is 35.5 cm³/mol. The molecule has 0 radical (unpaired) electrons. The van der Waals surface area contributed by atoms with E-state index in [4.69, 9.17) is 26.9 Å². The molecule has 0 bridgehead atoms. The molecular formula is C3H8ClO5P.